The normalized spacial score (nSPS) is 18.1. The SMILES string of the molecule is CN1CCOC(c2ccc(NC(=O)COc3ccccc3)cc2)C1. The highest BCUT2D eigenvalue weighted by molar-refractivity contribution is 5.91. The molecule has 126 valence electrons. The van der Waals surface area contributed by atoms with Gasteiger partial charge in [0.2, 0.25) is 0 Å². The number of ether oxygens (including phenoxy) is 2. The summed E-state index contributed by atoms with van der Waals surface area (Å²) < 4.78 is 11.2. The molecule has 0 saturated carbocycles. The number of anilines is 1. The molecule has 0 bridgehead atoms. The van der Waals surface area contributed by atoms with Crippen LogP contribution >= 0.6 is 0 Å². The summed E-state index contributed by atoms with van der Waals surface area (Å²) in [4.78, 5) is 14.2. The van der Waals surface area contributed by atoms with Crippen LogP contribution in [-0.2, 0) is 9.53 Å². The van der Waals surface area contributed by atoms with Crippen LogP contribution < -0.4 is 10.1 Å². The number of carbonyl (C=O) groups excluding carboxylic acids is 1. The van der Waals surface area contributed by atoms with Crippen molar-refractivity contribution in [2.24, 2.45) is 0 Å². The molecule has 1 aliphatic rings. The van der Waals surface area contributed by atoms with Crippen LogP contribution in [0.25, 0.3) is 0 Å². The van der Waals surface area contributed by atoms with E-state index < -0.39 is 0 Å². The van der Waals surface area contributed by atoms with Crippen LogP contribution in [0.3, 0.4) is 0 Å². The van der Waals surface area contributed by atoms with Crippen LogP contribution in [0.5, 0.6) is 5.75 Å². The molecule has 1 amide bonds. The minimum atomic E-state index is -0.180. The largest absolute Gasteiger partial charge is 0.484 e. The van der Waals surface area contributed by atoms with Crippen LogP contribution in [0.1, 0.15) is 11.7 Å². The number of likely N-dealkylation sites (N-methyl/N-ethyl adjacent to an activating group) is 1. The zero-order valence-electron chi connectivity index (χ0n) is 13.8. The Morgan fingerprint density at radius 2 is 1.96 bits per heavy atom. The summed E-state index contributed by atoms with van der Waals surface area (Å²) in [7, 11) is 2.09. The Kier molecular flexibility index (Phi) is 5.46. The first-order valence-electron chi connectivity index (χ1n) is 8.08. The van der Waals surface area contributed by atoms with Crippen molar-refractivity contribution in [1.82, 2.24) is 4.90 Å². The lowest BCUT2D eigenvalue weighted by Gasteiger charge is -2.30. The Morgan fingerprint density at radius 1 is 1.21 bits per heavy atom. The van der Waals surface area contributed by atoms with Gasteiger partial charge in [0.15, 0.2) is 6.61 Å². The van der Waals surface area contributed by atoms with E-state index in [0.29, 0.717) is 5.75 Å². The zero-order chi connectivity index (χ0) is 16.8. The zero-order valence-corrected chi connectivity index (χ0v) is 13.8. The Hall–Kier alpha value is -2.37. The Labute approximate surface area is 142 Å². The van der Waals surface area contributed by atoms with Crippen molar-refractivity contribution in [1.29, 1.82) is 0 Å². The number of carbonyl (C=O) groups is 1. The van der Waals surface area contributed by atoms with Crippen molar-refractivity contribution in [2.45, 2.75) is 6.10 Å². The van der Waals surface area contributed by atoms with Crippen molar-refractivity contribution in [3.8, 4) is 5.75 Å². The first-order chi connectivity index (χ1) is 11.7. The van der Waals surface area contributed by atoms with Gasteiger partial charge in [0, 0.05) is 18.8 Å². The minimum Gasteiger partial charge on any atom is -0.484 e. The highest BCUT2D eigenvalue weighted by Crippen LogP contribution is 2.23. The molecular formula is C19H22N2O3. The Morgan fingerprint density at radius 3 is 2.67 bits per heavy atom. The van der Waals surface area contributed by atoms with Gasteiger partial charge in [-0.05, 0) is 36.9 Å². The summed E-state index contributed by atoms with van der Waals surface area (Å²) in [6.45, 7) is 2.58. The molecule has 3 rings (SSSR count). The second kappa shape index (κ2) is 7.95. The fourth-order valence-corrected chi connectivity index (χ4v) is 2.62. The van der Waals surface area contributed by atoms with Gasteiger partial charge in [0.1, 0.15) is 5.75 Å². The number of hydrogen-bond acceptors (Lipinski definition) is 4. The van der Waals surface area contributed by atoms with Crippen LogP contribution in [0.15, 0.2) is 54.6 Å². The van der Waals surface area contributed by atoms with E-state index in [2.05, 4.69) is 17.3 Å². The monoisotopic (exact) mass is 326 g/mol. The van der Waals surface area contributed by atoms with E-state index in [4.69, 9.17) is 9.47 Å². The number of nitrogens with one attached hydrogen (secondary N) is 1. The molecule has 0 aliphatic carbocycles. The van der Waals surface area contributed by atoms with Crippen LogP contribution in [0.4, 0.5) is 5.69 Å². The van der Waals surface area contributed by atoms with Gasteiger partial charge in [-0.3, -0.25) is 4.79 Å². The predicted octanol–water partition coefficient (Wildman–Crippen LogP) is 2.71. The number of rotatable bonds is 5. The summed E-state index contributed by atoms with van der Waals surface area (Å²) in [5.41, 5.74) is 1.88. The number of benzene rings is 2. The molecule has 24 heavy (non-hydrogen) atoms. The molecule has 1 heterocycles. The maximum absolute atomic E-state index is 11.9. The quantitative estimate of drug-likeness (QED) is 0.918. The standard InChI is InChI=1S/C19H22N2O3/c1-21-11-12-23-18(13-21)15-7-9-16(10-8-15)20-19(22)14-24-17-5-3-2-4-6-17/h2-10,18H,11-14H2,1H3,(H,20,22). The van der Waals surface area contributed by atoms with Gasteiger partial charge < -0.3 is 19.7 Å². The van der Waals surface area contributed by atoms with Crippen molar-refractivity contribution < 1.29 is 14.3 Å². The van der Waals surface area contributed by atoms with Crippen molar-refractivity contribution in [2.75, 3.05) is 38.7 Å². The second-order valence-corrected chi connectivity index (χ2v) is 5.89. The number of nitrogens with zero attached hydrogens (tertiary/aromatic N) is 1. The minimum absolute atomic E-state index is 0.0116. The van der Waals surface area contributed by atoms with Crippen LogP contribution in [0, 0.1) is 0 Å². The molecule has 1 N–H and O–H groups in total. The van der Waals surface area contributed by atoms with Gasteiger partial charge in [-0.1, -0.05) is 30.3 Å². The molecule has 1 saturated heterocycles. The maximum atomic E-state index is 11.9. The van der Waals surface area contributed by atoms with E-state index >= 15 is 0 Å². The molecular weight excluding hydrogens is 304 g/mol. The van der Waals surface area contributed by atoms with E-state index in [9.17, 15) is 4.79 Å². The number of para-hydroxylation sites is 1. The fraction of sp³-hybridized carbons (Fsp3) is 0.316. The third kappa shape index (κ3) is 4.57. The number of amides is 1. The van der Waals surface area contributed by atoms with Gasteiger partial charge in [0.05, 0.1) is 12.7 Å². The van der Waals surface area contributed by atoms with Gasteiger partial charge in [0.25, 0.3) is 5.91 Å². The third-order valence-electron chi connectivity index (χ3n) is 3.95. The molecule has 5 heteroatoms. The molecule has 5 nitrogen and oxygen atoms in total. The molecule has 2 aromatic rings. The molecule has 2 aromatic carbocycles. The smallest absolute Gasteiger partial charge is 0.262 e. The summed E-state index contributed by atoms with van der Waals surface area (Å²) in [5, 5.41) is 2.84. The Bertz CT molecular complexity index is 658. The van der Waals surface area contributed by atoms with E-state index in [1.165, 1.54) is 0 Å². The number of morpholine rings is 1. The molecule has 0 spiro atoms. The first kappa shape index (κ1) is 16.5. The molecule has 1 aliphatic heterocycles. The fourth-order valence-electron chi connectivity index (χ4n) is 2.62. The van der Waals surface area contributed by atoms with Gasteiger partial charge in [-0.25, -0.2) is 0 Å². The lowest BCUT2D eigenvalue weighted by molar-refractivity contribution is -0.118. The van der Waals surface area contributed by atoms with E-state index in [1.807, 2.05) is 54.6 Å². The Balaban J connectivity index is 1.51. The summed E-state index contributed by atoms with van der Waals surface area (Å²) in [6, 6.07) is 17.1. The van der Waals surface area contributed by atoms with Gasteiger partial charge in [-0.15, -0.1) is 0 Å². The van der Waals surface area contributed by atoms with E-state index in [1.54, 1.807) is 0 Å². The topological polar surface area (TPSA) is 50.8 Å². The van der Waals surface area contributed by atoms with Crippen molar-refractivity contribution in [3.63, 3.8) is 0 Å². The molecule has 0 radical (unpaired) electrons. The summed E-state index contributed by atoms with van der Waals surface area (Å²) in [5.74, 6) is 0.502. The van der Waals surface area contributed by atoms with E-state index in [-0.39, 0.29) is 18.6 Å². The van der Waals surface area contributed by atoms with Crippen LogP contribution in [0.2, 0.25) is 0 Å². The van der Waals surface area contributed by atoms with Crippen molar-refractivity contribution in [3.05, 3.63) is 60.2 Å². The average molecular weight is 326 g/mol. The molecule has 1 unspecified atom stereocenters. The highest BCUT2D eigenvalue weighted by Gasteiger charge is 2.19. The average Bonchev–Trinajstić information content (AvgIpc) is 2.61. The van der Waals surface area contributed by atoms with Gasteiger partial charge >= 0.3 is 0 Å². The lowest BCUT2D eigenvalue weighted by Crippen LogP contribution is -2.35. The summed E-state index contributed by atoms with van der Waals surface area (Å²) >= 11 is 0. The molecule has 1 atom stereocenters. The first-order valence-corrected chi connectivity index (χ1v) is 8.08. The molecule has 1 fully saturated rings. The van der Waals surface area contributed by atoms with Gasteiger partial charge in [-0.2, -0.15) is 0 Å². The number of hydrogen-bond donors (Lipinski definition) is 1. The summed E-state index contributed by atoms with van der Waals surface area (Å²) in [6.07, 6.45) is 0.0925. The van der Waals surface area contributed by atoms with Crippen LogP contribution in [-0.4, -0.2) is 44.2 Å². The second-order valence-electron chi connectivity index (χ2n) is 5.89. The van der Waals surface area contributed by atoms with Crippen molar-refractivity contribution >= 4 is 11.6 Å². The highest BCUT2D eigenvalue weighted by atomic mass is 16.5. The van der Waals surface area contributed by atoms with E-state index in [0.717, 1.165) is 30.9 Å². The maximum Gasteiger partial charge on any atom is 0.262 e. The predicted molar refractivity (Wildman–Crippen MR) is 93.2 cm³/mol. The third-order valence-corrected chi connectivity index (χ3v) is 3.95. The molecule has 0 aromatic heterocycles. The lowest BCUT2D eigenvalue weighted by atomic mass is 10.1.